The largest absolute Gasteiger partial charge is 0.338 e. The Morgan fingerprint density at radius 1 is 0.930 bits per heavy atom. The smallest absolute Gasteiger partial charge is 0.233 e. The second-order valence-electron chi connectivity index (χ2n) is 11.8. The van der Waals surface area contributed by atoms with Gasteiger partial charge in [-0.2, -0.15) is 0 Å². The molecule has 228 valence electrons. The second-order valence-corrected chi connectivity index (χ2v) is 12.7. The molecule has 2 amide bonds. The van der Waals surface area contributed by atoms with Gasteiger partial charge in [-0.25, -0.2) is 4.98 Å². The second kappa shape index (κ2) is 14.8. The zero-order chi connectivity index (χ0) is 30.2. The molecule has 2 aromatic heterocycles. The summed E-state index contributed by atoms with van der Waals surface area (Å²) in [5.74, 6) is 0.501. The van der Waals surface area contributed by atoms with E-state index in [1.165, 1.54) is 49.4 Å². The molecular formula is C34H44N6O2S. The van der Waals surface area contributed by atoms with E-state index in [9.17, 15) is 9.59 Å². The molecule has 0 N–H and O–H groups in total. The molecule has 1 unspecified atom stereocenters. The van der Waals surface area contributed by atoms with Crippen LogP contribution in [0.2, 0.25) is 0 Å². The lowest BCUT2D eigenvalue weighted by molar-refractivity contribution is -0.141. The first-order valence-corrected chi connectivity index (χ1v) is 16.8. The van der Waals surface area contributed by atoms with Crippen molar-refractivity contribution in [2.75, 3.05) is 25.4 Å². The average Bonchev–Trinajstić information content (AvgIpc) is 3.31. The van der Waals surface area contributed by atoms with E-state index in [2.05, 4.69) is 58.9 Å². The standard InChI is InChI=1S/C34H44N6O2S/c1-4-5-6-7-8-9-13-16-30(41)39-20-19-38(22-26(39)3)31(42)24-43-34-35-33-32(36-37-34)28-21-25(2)17-18-29(28)40(33)23-27-14-11-10-12-15-27/h10-12,14-15,17-18,21,26H,4-9,13,16,19-20,22-24H2,1-3H3. The first-order valence-electron chi connectivity index (χ1n) is 15.8. The van der Waals surface area contributed by atoms with Crippen LogP contribution in [-0.2, 0) is 16.1 Å². The van der Waals surface area contributed by atoms with E-state index in [0.717, 1.165) is 40.5 Å². The van der Waals surface area contributed by atoms with Crippen LogP contribution in [0.4, 0.5) is 0 Å². The number of piperazine rings is 1. The van der Waals surface area contributed by atoms with E-state index in [4.69, 9.17) is 4.98 Å². The fraction of sp³-hybridized carbons (Fsp3) is 0.500. The monoisotopic (exact) mass is 600 g/mol. The first-order chi connectivity index (χ1) is 20.9. The number of carbonyl (C=O) groups is 2. The predicted molar refractivity (Wildman–Crippen MR) is 174 cm³/mol. The van der Waals surface area contributed by atoms with Crippen LogP contribution in [0.25, 0.3) is 22.1 Å². The molecule has 1 saturated heterocycles. The molecule has 1 aliphatic heterocycles. The van der Waals surface area contributed by atoms with Gasteiger partial charge < -0.3 is 14.4 Å². The Labute approximate surface area is 259 Å². The molecular weight excluding hydrogens is 556 g/mol. The molecule has 3 heterocycles. The van der Waals surface area contributed by atoms with Crippen molar-refractivity contribution in [2.45, 2.75) is 89.9 Å². The van der Waals surface area contributed by atoms with Crippen LogP contribution in [0, 0.1) is 6.92 Å². The van der Waals surface area contributed by atoms with Gasteiger partial charge in [-0.1, -0.05) is 99.2 Å². The number of unbranched alkanes of at least 4 members (excludes halogenated alkanes) is 6. The molecule has 4 aromatic rings. The van der Waals surface area contributed by atoms with Crippen LogP contribution >= 0.6 is 11.8 Å². The van der Waals surface area contributed by atoms with Crippen molar-refractivity contribution in [1.29, 1.82) is 0 Å². The Kier molecular flexibility index (Phi) is 10.7. The quantitative estimate of drug-likeness (QED) is 0.127. The van der Waals surface area contributed by atoms with Crippen molar-refractivity contribution in [3.63, 3.8) is 0 Å². The minimum atomic E-state index is 0.0196. The lowest BCUT2D eigenvalue weighted by atomic mass is 10.1. The van der Waals surface area contributed by atoms with Gasteiger partial charge in [0.05, 0.1) is 11.3 Å². The maximum atomic E-state index is 13.2. The Balaban J connectivity index is 1.18. The van der Waals surface area contributed by atoms with E-state index in [1.807, 2.05) is 34.9 Å². The number of aromatic nitrogens is 4. The molecule has 5 rings (SSSR count). The van der Waals surface area contributed by atoms with Gasteiger partial charge in [0.25, 0.3) is 0 Å². The molecule has 1 atom stereocenters. The molecule has 0 saturated carbocycles. The maximum absolute atomic E-state index is 13.2. The van der Waals surface area contributed by atoms with Gasteiger partial charge in [-0.3, -0.25) is 9.59 Å². The Hall–Kier alpha value is -3.46. The topological polar surface area (TPSA) is 84.2 Å². The van der Waals surface area contributed by atoms with Crippen LogP contribution in [0.3, 0.4) is 0 Å². The number of benzene rings is 2. The summed E-state index contributed by atoms with van der Waals surface area (Å²) in [6.45, 7) is 8.74. The fourth-order valence-corrected chi connectivity index (χ4v) is 6.68. The minimum absolute atomic E-state index is 0.0196. The van der Waals surface area contributed by atoms with Crippen LogP contribution in [0.15, 0.2) is 53.7 Å². The molecule has 0 bridgehead atoms. The summed E-state index contributed by atoms with van der Waals surface area (Å²) in [4.78, 5) is 34.8. The zero-order valence-electron chi connectivity index (χ0n) is 25.8. The third kappa shape index (κ3) is 7.74. The highest BCUT2D eigenvalue weighted by Gasteiger charge is 2.29. The summed E-state index contributed by atoms with van der Waals surface area (Å²) >= 11 is 1.32. The summed E-state index contributed by atoms with van der Waals surface area (Å²) in [5.41, 5.74) is 4.95. The number of fused-ring (bicyclic) bond motifs is 3. The number of carbonyl (C=O) groups excluding carboxylic acids is 2. The summed E-state index contributed by atoms with van der Waals surface area (Å²) in [6, 6.07) is 16.7. The third-order valence-corrected chi connectivity index (χ3v) is 9.23. The highest BCUT2D eigenvalue weighted by atomic mass is 32.2. The van der Waals surface area contributed by atoms with Gasteiger partial charge in [-0.05, 0) is 38.0 Å². The average molecular weight is 601 g/mol. The number of aryl methyl sites for hydroxylation is 1. The van der Waals surface area contributed by atoms with Crippen molar-refractivity contribution in [3.05, 3.63) is 59.7 Å². The maximum Gasteiger partial charge on any atom is 0.233 e. The molecule has 1 aliphatic rings. The molecule has 0 aliphatic carbocycles. The van der Waals surface area contributed by atoms with Crippen molar-refractivity contribution >= 4 is 45.6 Å². The molecule has 8 nitrogen and oxygen atoms in total. The van der Waals surface area contributed by atoms with Gasteiger partial charge in [0.1, 0.15) is 5.52 Å². The van der Waals surface area contributed by atoms with E-state index >= 15 is 0 Å². The summed E-state index contributed by atoms with van der Waals surface area (Å²) in [7, 11) is 0. The van der Waals surface area contributed by atoms with E-state index in [1.54, 1.807) is 0 Å². The number of amides is 2. The molecule has 0 spiro atoms. The third-order valence-electron chi connectivity index (χ3n) is 8.41. The molecule has 2 aromatic carbocycles. The molecule has 9 heteroatoms. The number of nitrogens with zero attached hydrogens (tertiary/aromatic N) is 6. The SMILES string of the molecule is CCCCCCCCCC(=O)N1CCN(C(=O)CSc2nnc3c4cc(C)ccc4n(Cc4ccccc4)c3n2)CC1C. The lowest BCUT2D eigenvalue weighted by Gasteiger charge is -2.40. The van der Waals surface area contributed by atoms with Crippen LogP contribution in [0.5, 0.6) is 0 Å². The van der Waals surface area contributed by atoms with Gasteiger partial charge in [0.2, 0.25) is 17.0 Å². The molecule has 43 heavy (non-hydrogen) atoms. The van der Waals surface area contributed by atoms with E-state index < -0.39 is 0 Å². The number of thioether (sulfide) groups is 1. The fourth-order valence-electron chi connectivity index (χ4n) is 5.99. The Bertz CT molecular complexity index is 1540. The summed E-state index contributed by atoms with van der Waals surface area (Å²) in [5, 5.41) is 10.5. The van der Waals surface area contributed by atoms with Crippen molar-refractivity contribution < 1.29 is 9.59 Å². The number of rotatable bonds is 13. The summed E-state index contributed by atoms with van der Waals surface area (Å²) < 4.78 is 2.18. The van der Waals surface area contributed by atoms with Crippen molar-refractivity contribution in [3.8, 4) is 0 Å². The van der Waals surface area contributed by atoms with Gasteiger partial charge >= 0.3 is 0 Å². The van der Waals surface area contributed by atoms with Gasteiger partial charge in [0.15, 0.2) is 5.65 Å². The van der Waals surface area contributed by atoms with E-state index in [0.29, 0.717) is 37.8 Å². The molecule has 0 radical (unpaired) electrons. The van der Waals surface area contributed by atoms with Gasteiger partial charge in [0, 0.05) is 44.0 Å². The zero-order valence-corrected chi connectivity index (χ0v) is 26.6. The number of hydrogen-bond donors (Lipinski definition) is 0. The van der Waals surface area contributed by atoms with Crippen LogP contribution in [0.1, 0.15) is 76.3 Å². The highest BCUT2D eigenvalue weighted by molar-refractivity contribution is 7.99. The van der Waals surface area contributed by atoms with Crippen LogP contribution < -0.4 is 0 Å². The van der Waals surface area contributed by atoms with Crippen molar-refractivity contribution in [1.82, 2.24) is 29.5 Å². The normalized spacial score (nSPS) is 15.5. The summed E-state index contributed by atoms with van der Waals surface area (Å²) in [6.07, 6.45) is 9.01. The highest BCUT2D eigenvalue weighted by Crippen LogP contribution is 2.29. The van der Waals surface area contributed by atoms with E-state index in [-0.39, 0.29) is 23.6 Å². The Morgan fingerprint density at radius 3 is 2.47 bits per heavy atom. The van der Waals surface area contributed by atoms with Crippen molar-refractivity contribution in [2.24, 2.45) is 0 Å². The van der Waals surface area contributed by atoms with Crippen LogP contribution in [-0.4, -0.2) is 72.8 Å². The minimum Gasteiger partial charge on any atom is -0.338 e. The first kappa shape index (κ1) is 31.0. The lowest BCUT2D eigenvalue weighted by Crippen LogP contribution is -2.55. The molecule has 1 fully saturated rings. The number of hydrogen-bond acceptors (Lipinski definition) is 6. The Morgan fingerprint density at radius 2 is 1.70 bits per heavy atom. The predicted octanol–water partition coefficient (Wildman–Crippen LogP) is 6.63. The van der Waals surface area contributed by atoms with Gasteiger partial charge in [-0.15, -0.1) is 10.2 Å².